The second-order valence-electron chi connectivity index (χ2n) is 8.33. The quantitative estimate of drug-likeness (QED) is 0.694. The van der Waals surface area contributed by atoms with E-state index in [2.05, 4.69) is 20.5 Å². The van der Waals surface area contributed by atoms with Gasteiger partial charge in [-0.2, -0.15) is 0 Å². The number of carbonyl (C=O) groups is 4. The summed E-state index contributed by atoms with van der Waals surface area (Å²) in [5.41, 5.74) is 0.457. The Morgan fingerprint density at radius 2 is 1.90 bits per heavy atom. The lowest BCUT2D eigenvalue weighted by atomic mass is 10.1. The standard InChI is InChI=1S/C20H27N5O5/c1-20(2,3)30-19(29)25-10-8-24(9-11-25)13-6-7-21-15(12-13)18(28)22-14-4-5-16(26)23-17(14)27/h6-7,12,14H,4-5,8-11H2,1-3H3,(H,22,28)(H,23,26,27)/t14-/m1/s1. The lowest BCUT2D eigenvalue weighted by molar-refractivity contribution is -0.134. The van der Waals surface area contributed by atoms with Gasteiger partial charge in [0, 0.05) is 44.5 Å². The van der Waals surface area contributed by atoms with Gasteiger partial charge >= 0.3 is 6.09 Å². The minimum atomic E-state index is -0.752. The second kappa shape index (κ2) is 8.68. The lowest BCUT2D eigenvalue weighted by Gasteiger charge is -2.36. The van der Waals surface area contributed by atoms with Gasteiger partial charge in [0.15, 0.2) is 0 Å². The summed E-state index contributed by atoms with van der Waals surface area (Å²) in [6.07, 6.45) is 1.66. The van der Waals surface area contributed by atoms with Crippen molar-refractivity contribution in [1.82, 2.24) is 20.5 Å². The van der Waals surface area contributed by atoms with Gasteiger partial charge in [0.1, 0.15) is 17.3 Å². The molecule has 0 spiro atoms. The van der Waals surface area contributed by atoms with Crippen molar-refractivity contribution in [2.75, 3.05) is 31.1 Å². The number of nitrogens with zero attached hydrogens (tertiary/aromatic N) is 3. The van der Waals surface area contributed by atoms with E-state index >= 15 is 0 Å². The smallest absolute Gasteiger partial charge is 0.410 e. The Bertz CT molecular complexity index is 842. The highest BCUT2D eigenvalue weighted by Gasteiger charge is 2.29. The third-order valence-electron chi connectivity index (χ3n) is 4.82. The van der Waals surface area contributed by atoms with Crippen LogP contribution in [-0.2, 0) is 14.3 Å². The summed E-state index contributed by atoms with van der Waals surface area (Å²) in [5, 5.41) is 4.84. The SMILES string of the molecule is CC(C)(C)OC(=O)N1CCN(c2ccnc(C(=O)N[C@@H]3CCC(=O)NC3=O)c2)CC1. The maximum absolute atomic E-state index is 12.5. The zero-order chi connectivity index (χ0) is 21.9. The van der Waals surface area contributed by atoms with Gasteiger partial charge in [-0.05, 0) is 39.3 Å². The number of piperidine rings is 1. The third-order valence-corrected chi connectivity index (χ3v) is 4.82. The van der Waals surface area contributed by atoms with Gasteiger partial charge < -0.3 is 19.9 Å². The average molecular weight is 417 g/mol. The zero-order valence-corrected chi connectivity index (χ0v) is 17.4. The van der Waals surface area contributed by atoms with Crippen LogP contribution in [0.5, 0.6) is 0 Å². The van der Waals surface area contributed by atoms with Crippen molar-refractivity contribution >= 4 is 29.5 Å². The van der Waals surface area contributed by atoms with E-state index in [1.807, 2.05) is 20.8 Å². The molecule has 2 aliphatic rings. The Morgan fingerprint density at radius 1 is 1.20 bits per heavy atom. The second-order valence-corrected chi connectivity index (χ2v) is 8.33. The number of ether oxygens (including phenoxy) is 1. The maximum Gasteiger partial charge on any atom is 0.410 e. The number of anilines is 1. The molecule has 2 aliphatic heterocycles. The Hall–Kier alpha value is -3.17. The molecule has 3 rings (SSSR count). The molecule has 0 aliphatic carbocycles. The highest BCUT2D eigenvalue weighted by Crippen LogP contribution is 2.19. The lowest BCUT2D eigenvalue weighted by Crippen LogP contribution is -2.52. The summed E-state index contributed by atoms with van der Waals surface area (Å²) in [5.74, 6) is -1.32. The van der Waals surface area contributed by atoms with Gasteiger partial charge in [-0.1, -0.05) is 0 Å². The van der Waals surface area contributed by atoms with Crippen molar-refractivity contribution in [2.24, 2.45) is 0 Å². The minimum absolute atomic E-state index is 0.187. The molecule has 0 aromatic carbocycles. The van der Waals surface area contributed by atoms with Crippen LogP contribution in [0.2, 0.25) is 0 Å². The van der Waals surface area contributed by atoms with Crippen LogP contribution in [0.3, 0.4) is 0 Å². The summed E-state index contributed by atoms with van der Waals surface area (Å²) < 4.78 is 5.41. The number of hydrogen-bond acceptors (Lipinski definition) is 7. The molecule has 1 atom stereocenters. The van der Waals surface area contributed by atoms with E-state index < -0.39 is 23.5 Å². The van der Waals surface area contributed by atoms with Crippen molar-refractivity contribution in [3.8, 4) is 0 Å². The number of hydrogen-bond donors (Lipinski definition) is 2. The number of piperazine rings is 1. The van der Waals surface area contributed by atoms with Gasteiger partial charge in [-0.15, -0.1) is 0 Å². The average Bonchev–Trinajstić information content (AvgIpc) is 2.69. The molecule has 3 heterocycles. The van der Waals surface area contributed by atoms with Crippen molar-refractivity contribution in [2.45, 2.75) is 45.3 Å². The summed E-state index contributed by atoms with van der Waals surface area (Å²) in [4.78, 5) is 55.6. The first kappa shape index (κ1) is 21.5. The molecular weight excluding hydrogens is 390 g/mol. The van der Waals surface area contributed by atoms with Crippen LogP contribution in [0.1, 0.15) is 44.1 Å². The largest absolute Gasteiger partial charge is 0.444 e. The summed E-state index contributed by atoms with van der Waals surface area (Å²) in [7, 11) is 0. The molecule has 2 N–H and O–H groups in total. The maximum atomic E-state index is 12.5. The highest BCUT2D eigenvalue weighted by atomic mass is 16.6. The van der Waals surface area contributed by atoms with Crippen molar-refractivity contribution in [1.29, 1.82) is 0 Å². The highest BCUT2D eigenvalue weighted by molar-refractivity contribution is 6.03. The van der Waals surface area contributed by atoms with Crippen LogP contribution in [0.25, 0.3) is 0 Å². The number of rotatable bonds is 3. The Balaban J connectivity index is 1.58. The van der Waals surface area contributed by atoms with E-state index in [4.69, 9.17) is 4.74 Å². The predicted octanol–water partition coefficient (Wildman–Crippen LogP) is 0.674. The van der Waals surface area contributed by atoms with Crippen LogP contribution in [-0.4, -0.2) is 71.5 Å². The van der Waals surface area contributed by atoms with Gasteiger partial charge in [0.25, 0.3) is 5.91 Å². The number of pyridine rings is 1. The van der Waals surface area contributed by atoms with Crippen LogP contribution >= 0.6 is 0 Å². The number of amides is 4. The molecule has 10 heteroatoms. The van der Waals surface area contributed by atoms with Crippen molar-refractivity contribution < 1.29 is 23.9 Å². The fourth-order valence-corrected chi connectivity index (χ4v) is 3.28. The molecule has 162 valence electrons. The van der Waals surface area contributed by atoms with Crippen LogP contribution in [0.4, 0.5) is 10.5 Å². The van der Waals surface area contributed by atoms with Gasteiger partial charge in [-0.25, -0.2) is 4.79 Å². The topological polar surface area (TPSA) is 121 Å². The Kier molecular flexibility index (Phi) is 6.23. The van der Waals surface area contributed by atoms with E-state index in [1.54, 1.807) is 17.0 Å². The fourth-order valence-electron chi connectivity index (χ4n) is 3.28. The molecule has 1 aromatic rings. The molecule has 4 amide bonds. The first-order valence-corrected chi connectivity index (χ1v) is 9.96. The fraction of sp³-hybridized carbons (Fsp3) is 0.550. The molecule has 30 heavy (non-hydrogen) atoms. The molecule has 0 unspecified atom stereocenters. The molecule has 2 saturated heterocycles. The number of aromatic nitrogens is 1. The summed E-state index contributed by atoms with van der Waals surface area (Å²) >= 11 is 0. The molecule has 2 fully saturated rings. The van der Waals surface area contributed by atoms with Crippen molar-refractivity contribution in [3.05, 3.63) is 24.0 Å². The first-order valence-electron chi connectivity index (χ1n) is 9.96. The molecule has 10 nitrogen and oxygen atoms in total. The van der Waals surface area contributed by atoms with Gasteiger partial charge in [-0.3, -0.25) is 24.7 Å². The van der Waals surface area contributed by atoms with E-state index in [1.165, 1.54) is 6.20 Å². The van der Waals surface area contributed by atoms with Crippen LogP contribution in [0, 0.1) is 0 Å². The minimum Gasteiger partial charge on any atom is -0.444 e. The van der Waals surface area contributed by atoms with Gasteiger partial charge in [0.05, 0.1) is 0 Å². The molecule has 0 bridgehead atoms. The normalized spacial score (nSPS) is 19.9. The Morgan fingerprint density at radius 3 is 2.53 bits per heavy atom. The molecule has 0 radical (unpaired) electrons. The molecule has 1 aromatic heterocycles. The van der Waals surface area contributed by atoms with E-state index in [-0.39, 0.29) is 30.5 Å². The number of carbonyl (C=O) groups excluding carboxylic acids is 4. The van der Waals surface area contributed by atoms with Gasteiger partial charge in [0.2, 0.25) is 11.8 Å². The Labute approximate surface area is 174 Å². The van der Waals surface area contributed by atoms with E-state index in [9.17, 15) is 19.2 Å². The van der Waals surface area contributed by atoms with Crippen LogP contribution in [0.15, 0.2) is 18.3 Å². The monoisotopic (exact) mass is 417 g/mol. The summed E-state index contributed by atoms with van der Waals surface area (Å²) in [6.45, 7) is 7.71. The number of imide groups is 1. The van der Waals surface area contributed by atoms with Crippen LogP contribution < -0.4 is 15.5 Å². The van der Waals surface area contributed by atoms with E-state index in [0.717, 1.165) is 5.69 Å². The summed E-state index contributed by atoms with van der Waals surface area (Å²) in [6, 6.07) is 2.70. The number of nitrogens with one attached hydrogen (secondary N) is 2. The zero-order valence-electron chi connectivity index (χ0n) is 17.4. The molecule has 0 saturated carbocycles. The first-order chi connectivity index (χ1) is 14.1. The third kappa shape index (κ3) is 5.46. The van der Waals surface area contributed by atoms with Crippen molar-refractivity contribution in [3.63, 3.8) is 0 Å². The predicted molar refractivity (Wildman–Crippen MR) is 108 cm³/mol. The molecular formula is C20H27N5O5. The van der Waals surface area contributed by atoms with E-state index in [0.29, 0.717) is 26.2 Å².